The molecule has 1 amide bonds. The molecule has 2 atom stereocenters. The van der Waals surface area contributed by atoms with E-state index in [1.54, 1.807) is 32.4 Å². The number of carbonyl (C=O) groups excluding carboxylic acids is 1. The Bertz CT molecular complexity index is 852. The third-order valence-electron chi connectivity index (χ3n) is 5.38. The first kappa shape index (κ1) is 20.1. The second-order valence-electron chi connectivity index (χ2n) is 7.35. The van der Waals surface area contributed by atoms with Crippen LogP contribution in [0.5, 0.6) is 11.5 Å². The van der Waals surface area contributed by atoms with E-state index >= 15 is 0 Å². The van der Waals surface area contributed by atoms with Gasteiger partial charge < -0.3 is 19.9 Å². The van der Waals surface area contributed by atoms with E-state index in [4.69, 9.17) is 9.47 Å². The Balaban J connectivity index is 1.66. The molecule has 1 aliphatic carbocycles. The van der Waals surface area contributed by atoms with Crippen LogP contribution in [-0.4, -0.2) is 31.8 Å². The van der Waals surface area contributed by atoms with Gasteiger partial charge in [0.1, 0.15) is 11.4 Å². The van der Waals surface area contributed by atoms with Gasteiger partial charge in [0.2, 0.25) is 5.91 Å². The van der Waals surface area contributed by atoms with Gasteiger partial charge in [-0.05, 0) is 60.2 Å². The summed E-state index contributed by atoms with van der Waals surface area (Å²) in [4.78, 5) is 12.5. The smallest absolute Gasteiger partial charge is 0.223 e. The molecule has 2 aromatic carbocycles. The Morgan fingerprint density at radius 2 is 1.86 bits per heavy atom. The number of aryl methyl sites for hydroxylation is 1. The molecule has 0 saturated carbocycles. The zero-order chi connectivity index (χ0) is 20.3. The van der Waals surface area contributed by atoms with Crippen molar-refractivity contribution >= 4 is 5.91 Å². The van der Waals surface area contributed by atoms with Crippen LogP contribution in [0.15, 0.2) is 36.4 Å². The molecule has 0 radical (unpaired) electrons. The molecule has 0 heterocycles. The van der Waals surface area contributed by atoms with Gasteiger partial charge in [-0.15, -0.1) is 0 Å². The minimum Gasteiger partial charge on any atom is -0.493 e. The van der Waals surface area contributed by atoms with Crippen LogP contribution in [0.3, 0.4) is 0 Å². The highest BCUT2D eigenvalue weighted by atomic mass is 19.1. The topological polar surface area (TPSA) is 67.8 Å². The van der Waals surface area contributed by atoms with Gasteiger partial charge in [-0.1, -0.05) is 19.1 Å². The molecule has 150 valence electrons. The molecule has 1 aliphatic rings. The van der Waals surface area contributed by atoms with Gasteiger partial charge in [-0.2, -0.15) is 0 Å². The van der Waals surface area contributed by atoms with Crippen LogP contribution in [-0.2, 0) is 23.2 Å². The van der Waals surface area contributed by atoms with E-state index in [9.17, 15) is 14.3 Å². The van der Waals surface area contributed by atoms with Crippen molar-refractivity contribution in [3.63, 3.8) is 0 Å². The number of nitrogens with one attached hydrogen (secondary N) is 1. The molecular formula is C22H26FNO4. The van der Waals surface area contributed by atoms with Crippen LogP contribution < -0.4 is 14.8 Å². The van der Waals surface area contributed by atoms with E-state index in [0.29, 0.717) is 30.8 Å². The maximum atomic E-state index is 13.0. The molecule has 0 saturated heterocycles. The molecule has 2 N–H and O–H groups in total. The number of methoxy groups -OCH3 is 2. The molecule has 0 aromatic heterocycles. The summed E-state index contributed by atoms with van der Waals surface area (Å²) in [7, 11) is 3.13. The van der Waals surface area contributed by atoms with Gasteiger partial charge in [-0.25, -0.2) is 4.39 Å². The average Bonchev–Trinajstić information content (AvgIpc) is 3.03. The molecular weight excluding hydrogens is 361 g/mol. The fraction of sp³-hybridized carbons (Fsp3) is 0.409. The number of carbonyl (C=O) groups is 1. The first-order valence-electron chi connectivity index (χ1n) is 9.36. The Morgan fingerprint density at radius 3 is 2.50 bits per heavy atom. The van der Waals surface area contributed by atoms with E-state index in [0.717, 1.165) is 16.7 Å². The lowest BCUT2D eigenvalue weighted by molar-refractivity contribution is -0.125. The van der Waals surface area contributed by atoms with Crippen molar-refractivity contribution in [2.75, 3.05) is 20.8 Å². The summed E-state index contributed by atoms with van der Waals surface area (Å²) in [5.41, 5.74) is 1.51. The molecule has 2 aromatic rings. The minimum absolute atomic E-state index is 0.127. The summed E-state index contributed by atoms with van der Waals surface area (Å²) in [6.45, 7) is 1.95. The lowest BCUT2D eigenvalue weighted by atomic mass is 9.94. The van der Waals surface area contributed by atoms with Gasteiger partial charge in [0.15, 0.2) is 11.5 Å². The largest absolute Gasteiger partial charge is 0.493 e. The quantitative estimate of drug-likeness (QED) is 0.767. The number of ether oxygens (including phenoxy) is 2. The number of benzene rings is 2. The number of hydrogen-bond acceptors (Lipinski definition) is 4. The molecule has 3 rings (SSSR count). The van der Waals surface area contributed by atoms with E-state index < -0.39 is 5.60 Å². The fourth-order valence-corrected chi connectivity index (χ4v) is 3.70. The predicted octanol–water partition coefficient (Wildman–Crippen LogP) is 2.97. The summed E-state index contributed by atoms with van der Waals surface area (Å²) >= 11 is 0. The van der Waals surface area contributed by atoms with E-state index in [-0.39, 0.29) is 24.2 Å². The fourth-order valence-electron chi connectivity index (χ4n) is 3.70. The van der Waals surface area contributed by atoms with Crippen LogP contribution >= 0.6 is 0 Å². The molecule has 0 aliphatic heterocycles. The highest BCUT2D eigenvalue weighted by Crippen LogP contribution is 2.42. The van der Waals surface area contributed by atoms with Crippen LogP contribution in [0.1, 0.15) is 30.0 Å². The maximum absolute atomic E-state index is 13.0. The molecule has 5 nitrogen and oxygen atoms in total. The number of rotatable bonds is 7. The van der Waals surface area contributed by atoms with Crippen molar-refractivity contribution in [2.24, 2.45) is 5.92 Å². The Morgan fingerprint density at radius 1 is 1.21 bits per heavy atom. The normalized spacial score (nSPS) is 19.0. The summed E-state index contributed by atoms with van der Waals surface area (Å²) < 4.78 is 23.7. The molecule has 28 heavy (non-hydrogen) atoms. The van der Waals surface area contributed by atoms with Crippen molar-refractivity contribution < 1.29 is 23.8 Å². The first-order chi connectivity index (χ1) is 13.4. The minimum atomic E-state index is -1.14. The third-order valence-corrected chi connectivity index (χ3v) is 5.38. The van der Waals surface area contributed by atoms with Gasteiger partial charge in [-0.3, -0.25) is 4.79 Å². The highest BCUT2D eigenvalue weighted by molar-refractivity contribution is 5.78. The maximum Gasteiger partial charge on any atom is 0.223 e. The van der Waals surface area contributed by atoms with Gasteiger partial charge in [0.05, 0.1) is 20.8 Å². The number of hydrogen-bond donors (Lipinski definition) is 2. The van der Waals surface area contributed by atoms with Gasteiger partial charge in [0.25, 0.3) is 0 Å². The van der Waals surface area contributed by atoms with Crippen LogP contribution in [0.25, 0.3) is 0 Å². The van der Waals surface area contributed by atoms with Crippen molar-refractivity contribution in [1.82, 2.24) is 5.32 Å². The second-order valence-corrected chi connectivity index (χ2v) is 7.35. The Hall–Kier alpha value is -2.60. The standard InChI is InChI=1S/C22H26FNO4/c1-14(10-15-4-6-17(23)7-5-15)21(25)24-13-22(26)9-8-16-11-19(27-2)20(28-3)12-18(16)22/h4-7,11-12,14,26H,8-10,13H2,1-3H3,(H,24,25). The first-order valence-corrected chi connectivity index (χ1v) is 9.36. The van der Waals surface area contributed by atoms with E-state index in [1.807, 2.05) is 13.0 Å². The van der Waals surface area contributed by atoms with Crippen molar-refractivity contribution in [3.05, 3.63) is 58.9 Å². The van der Waals surface area contributed by atoms with Gasteiger partial charge in [0, 0.05) is 5.92 Å². The lowest BCUT2D eigenvalue weighted by Crippen LogP contribution is -2.41. The molecule has 2 unspecified atom stereocenters. The van der Waals surface area contributed by atoms with E-state index in [1.165, 1.54) is 12.1 Å². The Kier molecular flexibility index (Phi) is 5.89. The van der Waals surface area contributed by atoms with Gasteiger partial charge >= 0.3 is 0 Å². The number of amides is 1. The molecule has 0 spiro atoms. The number of halogens is 1. The van der Waals surface area contributed by atoms with E-state index in [2.05, 4.69) is 5.32 Å². The zero-order valence-electron chi connectivity index (χ0n) is 16.4. The molecule has 6 heteroatoms. The Labute approximate surface area is 164 Å². The highest BCUT2D eigenvalue weighted by Gasteiger charge is 2.38. The van der Waals surface area contributed by atoms with Crippen LogP contribution in [0, 0.1) is 11.7 Å². The predicted molar refractivity (Wildman–Crippen MR) is 104 cm³/mol. The SMILES string of the molecule is COc1cc2c(cc1OC)C(O)(CNC(=O)C(C)Cc1ccc(F)cc1)CC2. The number of aliphatic hydroxyl groups is 1. The van der Waals surface area contributed by atoms with Crippen LogP contribution in [0.4, 0.5) is 4.39 Å². The monoisotopic (exact) mass is 387 g/mol. The van der Waals surface area contributed by atoms with Crippen molar-refractivity contribution in [3.8, 4) is 11.5 Å². The molecule has 0 bridgehead atoms. The van der Waals surface area contributed by atoms with Crippen molar-refractivity contribution in [1.29, 1.82) is 0 Å². The summed E-state index contributed by atoms with van der Waals surface area (Å²) in [6.07, 6.45) is 1.73. The summed E-state index contributed by atoms with van der Waals surface area (Å²) in [5, 5.41) is 14.0. The third kappa shape index (κ3) is 4.12. The number of fused-ring (bicyclic) bond motifs is 1. The summed E-state index contributed by atoms with van der Waals surface area (Å²) in [6, 6.07) is 9.80. The lowest BCUT2D eigenvalue weighted by Gasteiger charge is -2.26. The van der Waals surface area contributed by atoms with Crippen LogP contribution in [0.2, 0.25) is 0 Å². The van der Waals surface area contributed by atoms with Crippen molar-refractivity contribution in [2.45, 2.75) is 31.8 Å². The zero-order valence-corrected chi connectivity index (χ0v) is 16.4. The summed E-state index contributed by atoms with van der Waals surface area (Å²) in [5.74, 6) is 0.446. The second kappa shape index (κ2) is 8.19. The average molecular weight is 387 g/mol. The molecule has 0 fully saturated rings.